The molecule has 0 saturated carbocycles. The number of aliphatic hydroxyl groups is 2. The molecule has 0 fully saturated rings. The lowest BCUT2D eigenvalue weighted by Gasteiger charge is -2.07. The summed E-state index contributed by atoms with van der Waals surface area (Å²) in [5.41, 5.74) is 0. The minimum absolute atomic E-state index is 0.220. The molecule has 0 aliphatic rings. The molecule has 0 heterocycles. The summed E-state index contributed by atoms with van der Waals surface area (Å²) >= 11 is 0. The van der Waals surface area contributed by atoms with E-state index in [0.29, 0.717) is 6.61 Å². The summed E-state index contributed by atoms with van der Waals surface area (Å²) in [6, 6.07) is 0. The molecule has 0 radical (unpaired) electrons. The van der Waals surface area contributed by atoms with Crippen LogP contribution in [-0.4, -0.2) is 36.1 Å². The molecule has 15 heavy (non-hydrogen) atoms. The van der Waals surface area contributed by atoms with Crippen LogP contribution in [0.25, 0.3) is 0 Å². The van der Waals surface area contributed by atoms with Crippen molar-refractivity contribution in [2.75, 3.05) is 19.8 Å². The summed E-state index contributed by atoms with van der Waals surface area (Å²) in [7, 11) is 0. The summed E-state index contributed by atoms with van der Waals surface area (Å²) in [4.78, 5) is 0. The second-order valence-electron chi connectivity index (χ2n) is 3.64. The van der Waals surface area contributed by atoms with Gasteiger partial charge < -0.3 is 14.9 Å². The van der Waals surface area contributed by atoms with Crippen LogP contribution in [0.1, 0.15) is 39.0 Å². The van der Waals surface area contributed by atoms with Gasteiger partial charge >= 0.3 is 0 Å². The van der Waals surface area contributed by atoms with E-state index in [1.165, 1.54) is 6.42 Å². The maximum atomic E-state index is 8.97. The van der Waals surface area contributed by atoms with E-state index in [2.05, 4.69) is 19.1 Å². The lowest BCUT2D eigenvalue weighted by atomic mass is 10.2. The molecular formula is C12H24O3. The summed E-state index contributed by atoms with van der Waals surface area (Å²) < 4.78 is 5.19. The van der Waals surface area contributed by atoms with Crippen LogP contribution in [0, 0.1) is 0 Å². The predicted octanol–water partition coefficient (Wildman–Crippen LogP) is 1.88. The molecule has 0 aliphatic carbocycles. The van der Waals surface area contributed by atoms with Crippen molar-refractivity contribution in [3.8, 4) is 0 Å². The van der Waals surface area contributed by atoms with Gasteiger partial charge in [-0.05, 0) is 25.7 Å². The summed E-state index contributed by atoms with van der Waals surface area (Å²) in [6.45, 7) is 2.83. The molecule has 0 saturated heterocycles. The fraction of sp³-hybridized carbons (Fsp3) is 0.833. The highest BCUT2D eigenvalue weighted by Gasteiger charge is 2.00. The fourth-order valence-corrected chi connectivity index (χ4v) is 1.20. The number of ether oxygens (including phenoxy) is 1. The monoisotopic (exact) mass is 216 g/mol. The van der Waals surface area contributed by atoms with Crippen molar-refractivity contribution in [2.24, 2.45) is 0 Å². The van der Waals surface area contributed by atoms with E-state index in [-0.39, 0.29) is 13.2 Å². The smallest absolute Gasteiger partial charge is 0.100 e. The van der Waals surface area contributed by atoms with E-state index in [0.717, 1.165) is 25.7 Å². The van der Waals surface area contributed by atoms with Crippen LogP contribution >= 0.6 is 0 Å². The number of hydrogen-bond acceptors (Lipinski definition) is 3. The second-order valence-corrected chi connectivity index (χ2v) is 3.64. The van der Waals surface area contributed by atoms with Crippen molar-refractivity contribution >= 4 is 0 Å². The highest BCUT2D eigenvalue weighted by atomic mass is 16.5. The SMILES string of the molecule is CC/C=C/CCCCCOCC(O)CO. The van der Waals surface area contributed by atoms with E-state index in [1.54, 1.807) is 0 Å². The lowest BCUT2D eigenvalue weighted by Crippen LogP contribution is -2.19. The van der Waals surface area contributed by atoms with Crippen molar-refractivity contribution in [3.63, 3.8) is 0 Å². The third-order valence-corrected chi connectivity index (χ3v) is 2.08. The fourth-order valence-electron chi connectivity index (χ4n) is 1.20. The number of aliphatic hydroxyl groups excluding tert-OH is 2. The number of allylic oxidation sites excluding steroid dienone is 2. The van der Waals surface area contributed by atoms with Crippen molar-refractivity contribution in [1.82, 2.24) is 0 Å². The lowest BCUT2D eigenvalue weighted by molar-refractivity contribution is 0.00529. The zero-order valence-corrected chi connectivity index (χ0v) is 9.69. The minimum atomic E-state index is -0.725. The summed E-state index contributed by atoms with van der Waals surface area (Å²) in [5.74, 6) is 0. The van der Waals surface area contributed by atoms with Gasteiger partial charge in [0.2, 0.25) is 0 Å². The number of unbranched alkanes of at least 4 members (excludes halogenated alkanes) is 3. The average Bonchev–Trinajstić information content (AvgIpc) is 2.26. The van der Waals surface area contributed by atoms with Crippen LogP contribution in [0.2, 0.25) is 0 Å². The Morgan fingerprint density at radius 1 is 1.20 bits per heavy atom. The van der Waals surface area contributed by atoms with Crippen LogP contribution in [0.5, 0.6) is 0 Å². The molecule has 0 bridgehead atoms. The van der Waals surface area contributed by atoms with Crippen molar-refractivity contribution in [3.05, 3.63) is 12.2 Å². The van der Waals surface area contributed by atoms with Gasteiger partial charge in [0.1, 0.15) is 6.10 Å². The molecule has 3 nitrogen and oxygen atoms in total. The first kappa shape index (κ1) is 14.6. The number of rotatable bonds is 10. The van der Waals surface area contributed by atoms with Crippen LogP contribution < -0.4 is 0 Å². The molecule has 2 N–H and O–H groups in total. The molecule has 90 valence electrons. The molecule has 0 aliphatic heterocycles. The molecule has 1 unspecified atom stereocenters. The van der Waals surface area contributed by atoms with Gasteiger partial charge in [0.05, 0.1) is 13.2 Å². The highest BCUT2D eigenvalue weighted by molar-refractivity contribution is 4.79. The van der Waals surface area contributed by atoms with Gasteiger partial charge in [-0.25, -0.2) is 0 Å². The van der Waals surface area contributed by atoms with Gasteiger partial charge in [-0.3, -0.25) is 0 Å². The average molecular weight is 216 g/mol. The molecule has 0 amide bonds. The third-order valence-electron chi connectivity index (χ3n) is 2.08. The molecular weight excluding hydrogens is 192 g/mol. The first-order valence-corrected chi connectivity index (χ1v) is 5.83. The van der Waals surface area contributed by atoms with E-state index < -0.39 is 6.10 Å². The molecule has 0 aromatic heterocycles. The summed E-state index contributed by atoms with van der Waals surface area (Å²) in [6.07, 6.45) is 9.32. The second kappa shape index (κ2) is 11.7. The molecule has 3 heteroatoms. The first-order chi connectivity index (χ1) is 7.31. The number of hydrogen-bond donors (Lipinski definition) is 2. The van der Waals surface area contributed by atoms with Gasteiger partial charge in [0.25, 0.3) is 0 Å². The van der Waals surface area contributed by atoms with Gasteiger partial charge in [-0.2, -0.15) is 0 Å². The largest absolute Gasteiger partial charge is 0.394 e. The van der Waals surface area contributed by atoms with Gasteiger partial charge in [-0.15, -0.1) is 0 Å². The van der Waals surface area contributed by atoms with Gasteiger partial charge in [0.15, 0.2) is 0 Å². The zero-order valence-electron chi connectivity index (χ0n) is 9.69. The molecule has 1 atom stereocenters. The molecule has 0 aromatic rings. The van der Waals surface area contributed by atoms with Crippen molar-refractivity contribution in [1.29, 1.82) is 0 Å². The van der Waals surface area contributed by atoms with E-state index in [4.69, 9.17) is 14.9 Å². The maximum Gasteiger partial charge on any atom is 0.100 e. The topological polar surface area (TPSA) is 49.7 Å². The van der Waals surface area contributed by atoms with E-state index in [1.807, 2.05) is 0 Å². The Labute approximate surface area is 92.8 Å². The highest BCUT2D eigenvalue weighted by Crippen LogP contribution is 2.01. The normalized spacial score (nSPS) is 13.5. The Balaban J connectivity index is 3.02. The molecule has 0 spiro atoms. The Kier molecular flexibility index (Phi) is 11.4. The van der Waals surface area contributed by atoms with Crippen molar-refractivity contribution < 1.29 is 14.9 Å². The predicted molar refractivity (Wildman–Crippen MR) is 61.8 cm³/mol. The van der Waals surface area contributed by atoms with Gasteiger partial charge in [-0.1, -0.05) is 25.5 Å². The van der Waals surface area contributed by atoms with E-state index >= 15 is 0 Å². The molecule has 0 rings (SSSR count). The first-order valence-electron chi connectivity index (χ1n) is 5.83. The maximum absolute atomic E-state index is 8.97. The van der Waals surface area contributed by atoms with Crippen molar-refractivity contribution in [2.45, 2.75) is 45.1 Å². The van der Waals surface area contributed by atoms with Crippen LogP contribution in [0.4, 0.5) is 0 Å². The van der Waals surface area contributed by atoms with Crippen LogP contribution in [0.3, 0.4) is 0 Å². The Morgan fingerprint density at radius 2 is 2.00 bits per heavy atom. The quantitative estimate of drug-likeness (QED) is 0.433. The Bertz CT molecular complexity index is 146. The summed E-state index contributed by atoms with van der Waals surface area (Å²) in [5, 5.41) is 17.5. The Hall–Kier alpha value is -0.380. The van der Waals surface area contributed by atoms with Crippen LogP contribution in [-0.2, 0) is 4.74 Å². The molecule has 0 aromatic carbocycles. The minimum Gasteiger partial charge on any atom is -0.394 e. The zero-order chi connectivity index (χ0) is 11.4. The van der Waals surface area contributed by atoms with E-state index in [9.17, 15) is 0 Å². The Morgan fingerprint density at radius 3 is 2.67 bits per heavy atom. The van der Waals surface area contributed by atoms with Gasteiger partial charge in [0, 0.05) is 6.61 Å². The third kappa shape index (κ3) is 11.5. The van der Waals surface area contributed by atoms with Crippen LogP contribution in [0.15, 0.2) is 12.2 Å². The standard InChI is InChI=1S/C12H24O3/c1-2-3-4-5-6-7-8-9-15-11-12(14)10-13/h3-4,12-14H,2,5-11H2,1H3/b4-3+.